The summed E-state index contributed by atoms with van der Waals surface area (Å²) in [5.74, 6) is 0.512. The second-order valence-corrected chi connectivity index (χ2v) is 6.00. The van der Waals surface area contributed by atoms with Gasteiger partial charge in [0.25, 0.3) is 0 Å². The van der Waals surface area contributed by atoms with Crippen LogP contribution in [0.5, 0.6) is 0 Å². The minimum absolute atomic E-state index is 0.128. The number of hydrogen-bond acceptors (Lipinski definition) is 2. The van der Waals surface area contributed by atoms with Crippen molar-refractivity contribution in [2.75, 3.05) is 13.2 Å². The van der Waals surface area contributed by atoms with Crippen molar-refractivity contribution < 1.29 is 10.2 Å². The molecule has 1 saturated carbocycles. The first-order valence-electron chi connectivity index (χ1n) is 7.56. The van der Waals surface area contributed by atoms with E-state index < -0.39 is 0 Å². The average molecular weight is 262 g/mol. The van der Waals surface area contributed by atoms with E-state index >= 15 is 0 Å². The number of aliphatic hydroxyl groups excluding tert-OH is 2. The highest BCUT2D eigenvalue weighted by Crippen LogP contribution is 2.42. The molecule has 0 radical (unpaired) electrons. The van der Waals surface area contributed by atoms with E-state index in [1.807, 2.05) is 6.07 Å². The van der Waals surface area contributed by atoms with Crippen molar-refractivity contribution >= 4 is 0 Å². The van der Waals surface area contributed by atoms with Crippen LogP contribution >= 0.6 is 0 Å². The van der Waals surface area contributed by atoms with Gasteiger partial charge in [0.1, 0.15) is 0 Å². The third-order valence-corrected chi connectivity index (χ3v) is 4.83. The van der Waals surface area contributed by atoms with Gasteiger partial charge in [0, 0.05) is 5.41 Å². The summed E-state index contributed by atoms with van der Waals surface area (Å²) in [6, 6.07) is 10.5. The third kappa shape index (κ3) is 3.58. The van der Waals surface area contributed by atoms with Gasteiger partial charge in [-0.05, 0) is 43.6 Å². The summed E-state index contributed by atoms with van der Waals surface area (Å²) in [7, 11) is 0. The summed E-state index contributed by atoms with van der Waals surface area (Å²) in [4.78, 5) is 0. The van der Waals surface area contributed by atoms with Gasteiger partial charge in [0.05, 0.1) is 13.2 Å². The molecule has 19 heavy (non-hydrogen) atoms. The van der Waals surface area contributed by atoms with E-state index in [1.54, 1.807) is 0 Å². The zero-order valence-electron chi connectivity index (χ0n) is 11.7. The summed E-state index contributed by atoms with van der Waals surface area (Å²) in [6.45, 7) is 0.256. The predicted molar refractivity (Wildman–Crippen MR) is 77.9 cm³/mol. The summed E-state index contributed by atoms with van der Waals surface area (Å²) in [6.07, 6.45) is 7.87. The van der Waals surface area contributed by atoms with Crippen LogP contribution in [-0.4, -0.2) is 23.4 Å². The van der Waals surface area contributed by atoms with Gasteiger partial charge in [-0.15, -0.1) is 0 Å². The fourth-order valence-corrected chi connectivity index (χ4v) is 3.50. The van der Waals surface area contributed by atoms with Gasteiger partial charge in [0.15, 0.2) is 0 Å². The summed E-state index contributed by atoms with van der Waals surface area (Å²) < 4.78 is 0. The Hall–Kier alpha value is -0.860. The first-order chi connectivity index (χ1) is 9.30. The van der Waals surface area contributed by atoms with Gasteiger partial charge >= 0.3 is 0 Å². The lowest BCUT2D eigenvalue weighted by molar-refractivity contribution is -0.00295. The Morgan fingerprint density at radius 1 is 1.00 bits per heavy atom. The molecule has 2 heteroatoms. The first-order valence-corrected chi connectivity index (χ1v) is 7.56. The minimum Gasteiger partial charge on any atom is -0.396 e. The monoisotopic (exact) mass is 262 g/mol. The lowest BCUT2D eigenvalue weighted by Crippen LogP contribution is -2.37. The van der Waals surface area contributed by atoms with Crippen molar-refractivity contribution in [2.45, 2.75) is 44.9 Å². The van der Waals surface area contributed by atoms with Crippen LogP contribution in [0.1, 0.15) is 44.1 Å². The van der Waals surface area contributed by atoms with E-state index in [2.05, 4.69) is 24.3 Å². The van der Waals surface area contributed by atoms with Gasteiger partial charge < -0.3 is 10.2 Å². The molecule has 0 saturated heterocycles. The number of hydrogen-bond donors (Lipinski definition) is 2. The molecule has 1 aromatic carbocycles. The molecule has 1 aliphatic rings. The third-order valence-electron chi connectivity index (χ3n) is 4.83. The van der Waals surface area contributed by atoms with Gasteiger partial charge in [-0.2, -0.15) is 0 Å². The quantitative estimate of drug-likeness (QED) is 0.792. The summed E-state index contributed by atoms with van der Waals surface area (Å²) in [5.41, 5.74) is 1.10. The van der Waals surface area contributed by atoms with Crippen molar-refractivity contribution in [1.82, 2.24) is 0 Å². The number of aliphatic hydroxyl groups is 2. The predicted octanol–water partition coefficient (Wildman–Crippen LogP) is 3.17. The molecule has 2 rings (SSSR count). The Morgan fingerprint density at radius 2 is 1.63 bits per heavy atom. The van der Waals surface area contributed by atoms with Crippen LogP contribution in [0.2, 0.25) is 0 Å². The molecule has 1 aliphatic carbocycles. The smallest absolute Gasteiger partial charge is 0.0512 e. The van der Waals surface area contributed by atoms with Gasteiger partial charge in [-0.25, -0.2) is 0 Å². The van der Waals surface area contributed by atoms with E-state index in [1.165, 1.54) is 31.2 Å². The van der Waals surface area contributed by atoms with Crippen molar-refractivity contribution in [3.8, 4) is 0 Å². The van der Waals surface area contributed by atoms with Crippen LogP contribution in [0.4, 0.5) is 0 Å². The van der Waals surface area contributed by atoms with E-state index in [0.29, 0.717) is 5.92 Å². The maximum absolute atomic E-state index is 9.77. The van der Waals surface area contributed by atoms with E-state index in [9.17, 15) is 10.2 Å². The Morgan fingerprint density at radius 3 is 2.21 bits per heavy atom. The lowest BCUT2D eigenvalue weighted by atomic mass is 9.72. The van der Waals surface area contributed by atoms with E-state index in [-0.39, 0.29) is 18.6 Å². The van der Waals surface area contributed by atoms with Crippen LogP contribution in [0.15, 0.2) is 30.3 Å². The fourth-order valence-electron chi connectivity index (χ4n) is 3.50. The minimum atomic E-state index is -0.245. The lowest BCUT2D eigenvalue weighted by Gasteiger charge is -2.36. The molecule has 0 unspecified atom stereocenters. The highest BCUT2D eigenvalue weighted by atomic mass is 16.3. The van der Waals surface area contributed by atoms with E-state index in [4.69, 9.17) is 0 Å². The van der Waals surface area contributed by atoms with Crippen molar-refractivity contribution in [3.63, 3.8) is 0 Å². The zero-order valence-corrected chi connectivity index (χ0v) is 11.7. The van der Waals surface area contributed by atoms with Crippen LogP contribution in [0.3, 0.4) is 0 Å². The molecule has 0 atom stereocenters. The van der Waals surface area contributed by atoms with Gasteiger partial charge in [0.2, 0.25) is 0 Å². The maximum Gasteiger partial charge on any atom is 0.0512 e. The Bertz CT molecular complexity index is 351. The highest BCUT2D eigenvalue weighted by Gasteiger charge is 2.38. The molecule has 0 amide bonds. The molecular weight excluding hydrogens is 236 g/mol. The molecule has 106 valence electrons. The van der Waals surface area contributed by atoms with Crippen molar-refractivity contribution in [2.24, 2.45) is 11.3 Å². The normalized spacial score (nSPS) is 16.9. The molecule has 1 fully saturated rings. The Kier molecular flexibility index (Phi) is 5.41. The maximum atomic E-state index is 9.77. The van der Waals surface area contributed by atoms with Crippen LogP contribution < -0.4 is 0 Å². The van der Waals surface area contributed by atoms with Gasteiger partial charge in [-0.1, -0.05) is 43.2 Å². The molecule has 0 spiro atoms. The van der Waals surface area contributed by atoms with Crippen LogP contribution in [-0.2, 0) is 6.42 Å². The van der Waals surface area contributed by atoms with E-state index in [0.717, 1.165) is 19.3 Å². The summed E-state index contributed by atoms with van der Waals surface area (Å²) >= 11 is 0. The van der Waals surface area contributed by atoms with Crippen LogP contribution in [0, 0.1) is 11.3 Å². The SMILES string of the molecule is OCC(CO)(CCCc1ccccc1)C1CCCC1. The highest BCUT2D eigenvalue weighted by molar-refractivity contribution is 5.14. The molecule has 2 nitrogen and oxygen atoms in total. The Balaban J connectivity index is 1.89. The molecule has 1 aromatic rings. The Labute approximate surface area is 116 Å². The van der Waals surface area contributed by atoms with Gasteiger partial charge in [-0.3, -0.25) is 0 Å². The second kappa shape index (κ2) is 7.06. The molecule has 0 aliphatic heterocycles. The second-order valence-electron chi connectivity index (χ2n) is 6.00. The van der Waals surface area contributed by atoms with Crippen LogP contribution in [0.25, 0.3) is 0 Å². The average Bonchev–Trinajstić information content (AvgIpc) is 3.00. The fraction of sp³-hybridized carbons (Fsp3) is 0.647. The molecular formula is C17H26O2. The number of rotatable bonds is 7. The molecule has 2 N–H and O–H groups in total. The topological polar surface area (TPSA) is 40.5 Å². The number of aryl methyl sites for hydroxylation is 1. The summed E-state index contributed by atoms with van der Waals surface area (Å²) in [5, 5.41) is 19.5. The van der Waals surface area contributed by atoms with Crippen molar-refractivity contribution in [1.29, 1.82) is 0 Å². The largest absolute Gasteiger partial charge is 0.396 e. The first kappa shape index (κ1) is 14.5. The molecule has 0 aromatic heterocycles. The zero-order chi connectivity index (χ0) is 13.6. The molecule has 0 heterocycles. The van der Waals surface area contributed by atoms with Crippen molar-refractivity contribution in [3.05, 3.63) is 35.9 Å². The number of benzene rings is 1. The molecule has 0 bridgehead atoms. The standard InChI is InChI=1S/C17H26O2/c18-13-17(14-19,16-10-4-5-11-16)12-6-9-15-7-2-1-3-8-15/h1-3,7-8,16,18-19H,4-6,9-14H2.